The van der Waals surface area contributed by atoms with Gasteiger partial charge in [-0.2, -0.15) is 0 Å². The van der Waals surface area contributed by atoms with Crippen LogP contribution in [0.5, 0.6) is 0 Å². The van der Waals surface area contributed by atoms with Gasteiger partial charge in [-0.05, 0) is 5.56 Å². The van der Waals surface area contributed by atoms with Crippen LogP contribution in [-0.4, -0.2) is 15.9 Å². The first-order valence-corrected chi connectivity index (χ1v) is 5.78. The number of benzene rings is 1. The highest BCUT2D eigenvalue weighted by molar-refractivity contribution is 8.14. The smallest absolute Gasteiger partial charge is 0.170 e. The number of ketones is 1. The second kappa shape index (κ2) is 4.53. The molecule has 1 saturated heterocycles. The summed E-state index contributed by atoms with van der Waals surface area (Å²) in [5, 5.41) is 16.7. The Labute approximate surface area is 97.7 Å². The molecule has 0 bridgehead atoms. The Morgan fingerprint density at radius 2 is 2.06 bits per heavy atom. The van der Waals surface area contributed by atoms with Crippen molar-refractivity contribution in [3.8, 4) is 0 Å². The molecule has 82 valence electrons. The minimum Gasteiger partial charge on any atom is -0.515 e. The van der Waals surface area contributed by atoms with E-state index in [2.05, 4.69) is 0 Å². The van der Waals surface area contributed by atoms with Gasteiger partial charge in [0.1, 0.15) is 5.04 Å². The van der Waals surface area contributed by atoms with Crippen molar-refractivity contribution in [1.82, 2.24) is 0 Å². The number of aliphatic hydroxyl groups excluding tert-OH is 1. The third-order valence-electron chi connectivity index (χ3n) is 2.48. The molecule has 0 aliphatic carbocycles. The van der Waals surface area contributed by atoms with E-state index in [0.717, 1.165) is 11.8 Å². The maximum atomic E-state index is 11.6. The van der Waals surface area contributed by atoms with Gasteiger partial charge in [0.2, 0.25) is 0 Å². The molecule has 1 aromatic rings. The lowest BCUT2D eigenvalue weighted by Crippen LogP contribution is -2.19. The van der Waals surface area contributed by atoms with E-state index in [9.17, 15) is 4.79 Å². The summed E-state index contributed by atoms with van der Waals surface area (Å²) in [7, 11) is 0. The Morgan fingerprint density at radius 1 is 1.38 bits per heavy atom. The van der Waals surface area contributed by atoms with Crippen molar-refractivity contribution in [3.05, 3.63) is 47.7 Å². The minimum absolute atomic E-state index is 0.00935. The summed E-state index contributed by atoms with van der Waals surface area (Å²) in [6.45, 7) is 0. The van der Waals surface area contributed by atoms with E-state index in [1.807, 2.05) is 30.3 Å². The highest BCUT2D eigenvalue weighted by atomic mass is 32.2. The van der Waals surface area contributed by atoms with Crippen LogP contribution >= 0.6 is 11.8 Å². The van der Waals surface area contributed by atoms with E-state index in [4.69, 9.17) is 10.5 Å². The predicted molar refractivity (Wildman–Crippen MR) is 64.8 cm³/mol. The zero-order valence-electron chi connectivity index (χ0n) is 8.51. The molecule has 0 amide bonds. The number of thioether (sulfide) groups is 1. The number of nitrogens with one attached hydrogen (secondary N) is 1. The van der Waals surface area contributed by atoms with Crippen LogP contribution in [0.4, 0.5) is 0 Å². The Hall–Kier alpha value is -1.55. The Balaban J connectivity index is 2.24. The summed E-state index contributed by atoms with van der Waals surface area (Å²) in [6, 6.07) is 9.66. The lowest BCUT2D eigenvalue weighted by molar-refractivity contribution is -0.115. The van der Waals surface area contributed by atoms with Crippen molar-refractivity contribution in [1.29, 1.82) is 5.41 Å². The van der Waals surface area contributed by atoms with Gasteiger partial charge < -0.3 is 5.11 Å². The monoisotopic (exact) mass is 233 g/mol. The molecule has 1 heterocycles. The molecular formula is C12H11NO2S. The molecule has 1 aliphatic heterocycles. The summed E-state index contributed by atoms with van der Waals surface area (Å²) < 4.78 is 0. The maximum absolute atomic E-state index is 11.6. The van der Waals surface area contributed by atoms with Crippen molar-refractivity contribution in [3.63, 3.8) is 0 Å². The zero-order valence-corrected chi connectivity index (χ0v) is 9.33. The normalized spacial score (nSPS) is 23.8. The largest absolute Gasteiger partial charge is 0.515 e. The Bertz CT molecular complexity index is 433. The van der Waals surface area contributed by atoms with E-state index in [0.29, 0.717) is 6.42 Å². The van der Waals surface area contributed by atoms with E-state index in [-0.39, 0.29) is 21.7 Å². The molecule has 1 fully saturated rings. The Kier molecular flexibility index (Phi) is 3.10. The van der Waals surface area contributed by atoms with Crippen molar-refractivity contribution in [2.45, 2.75) is 11.7 Å². The molecule has 2 N–H and O–H groups in total. The van der Waals surface area contributed by atoms with Gasteiger partial charge in [0.05, 0.1) is 11.8 Å². The molecule has 0 radical (unpaired) electrons. The van der Waals surface area contributed by atoms with Gasteiger partial charge in [-0.25, -0.2) is 0 Å². The molecule has 16 heavy (non-hydrogen) atoms. The van der Waals surface area contributed by atoms with Gasteiger partial charge >= 0.3 is 0 Å². The van der Waals surface area contributed by atoms with Crippen LogP contribution in [0, 0.1) is 5.41 Å². The first-order valence-electron chi connectivity index (χ1n) is 4.90. The van der Waals surface area contributed by atoms with E-state index in [1.165, 1.54) is 11.8 Å². The van der Waals surface area contributed by atoms with Gasteiger partial charge in [0.15, 0.2) is 5.78 Å². The zero-order chi connectivity index (χ0) is 11.5. The van der Waals surface area contributed by atoms with Crippen LogP contribution in [0.15, 0.2) is 42.2 Å². The summed E-state index contributed by atoms with van der Waals surface area (Å²) in [5.74, 6) is -0.167. The molecule has 1 aromatic carbocycles. The number of carbonyl (C=O) groups is 1. The molecule has 1 unspecified atom stereocenters. The summed E-state index contributed by atoms with van der Waals surface area (Å²) >= 11 is 1.31. The molecule has 0 spiro atoms. The van der Waals surface area contributed by atoms with Gasteiger partial charge in [0.25, 0.3) is 0 Å². The average molecular weight is 233 g/mol. The van der Waals surface area contributed by atoms with Crippen LogP contribution in [-0.2, 0) is 4.79 Å². The van der Waals surface area contributed by atoms with Crippen molar-refractivity contribution in [2.75, 3.05) is 0 Å². The number of hydrogen-bond acceptors (Lipinski definition) is 4. The Morgan fingerprint density at radius 3 is 2.62 bits per heavy atom. The highest BCUT2D eigenvalue weighted by Crippen LogP contribution is 2.39. The van der Waals surface area contributed by atoms with Crippen molar-refractivity contribution >= 4 is 22.6 Å². The van der Waals surface area contributed by atoms with Crippen LogP contribution in [0.25, 0.3) is 0 Å². The molecule has 0 saturated carbocycles. The van der Waals surface area contributed by atoms with Gasteiger partial charge in [-0.3, -0.25) is 10.2 Å². The number of aliphatic hydroxyl groups is 1. The molecule has 1 atom stereocenters. The number of rotatable bonds is 1. The molecule has 0 aromatic heterocycles. The maximum Gasteiger partial charge on any atom is 0.170 e. The van der Waals surface area contributed by atoms with Crippen molar-refractivity contribution in [2.24, 2.45) is 0 Å². The third-order valence-corrected chi connectivity index (χ3v) is 3.66. The van der Waals surface area contributed by atoms with Crippen molar-refractivity contribution < 1.29 is 9.90 Å². The number of Topliss-reactive ketones (excluding diaryl/α,β-unsaturated/α-hetero) is 1. The van der Waals surface area contributed by atoms with Crippen LogP contribution in [0.1, 0.15) is 17.2 Å². The average Bonchev–Trinajstić information content (AvgIpc) is 2.30. The number of hydrogen-bond donors (Lipinski definition) is 2. The molecule has 1 aliphatic rings. The fraction of sp³-hybridized carbons (Fsp3) is 0.167. The predicted octanol–water partition coefficient (Wildman–Crippen LogP) is 2.85. The fourth-order valence-corrected chi connectivity index (χ4v) is 2.74. The quantitative estimate of drug-likeness (QED) is 0.579. The lowest BCUT2D eigenvalue weighted by Gasteiger charge is -2.22. The SMILES string of the molecule is N=C1SC(c2ccccc2)CC(=O)/C1=C\O. The third kappa shape index (κ3) is 2.02. The van der Waals surface area contributed by atoms with Gasteiger partial charge in [-0.1, -0.05) is 42.1 Å². The van der Waals surface area contributed by atoms with E-state index < -0.39 is 0 Å². The molecule has 3 nitrogen and oxygen atoms in total. The first kappa shape index (κ1) is 11.0. The first-order chi connectivity index (χ1) is 7.72. The standard InChI is InChI=1S/C12H11NO2S/c13-12-9(7-14)10(15)6-11(16-12)8-4-2-1-3-5-8/h1-5,7,11,13-14H,6H2/b9-7+,13-12?. The minimum atomic E-state index is -0.167. The molecular weight excluding hydrogens is 222 g/mol. The van der Waals surface area contributed by atoms with Crippen LogP contribution in [0.3, 0.4) is 0 Å². The van der Waals surface area contributed by atoms with Crippen LogP contribution in [0.2, 0.25) is 0 Å². The molecule has 2 rings (SSSR count). The molecule has 4 heteroatoms. The van der Waals surface area contributed by atoms with E-state index in [1.54, 1.807) is 0 Å². The lowest BCUT2D eigenvalue weighted by atomic mass is 10.0. The highest BCUT2D eigenvalue weighted by Gasteiger charge is 2.29. The van der Waals surface area contributed by atoms with Crippen LogP contribution < -0.4 is 0 Å². The second-order valence-corrected chi connectivity index (χ2v) is 4.73. The fourth-order valence-electron chi connectivity index (χ4n) is 1.64. The summed E-state index contributed by atoms with van der Waals surface area (Å²) in [4.78, 5) is 11.6. The van der Waals surface area contributed by atoms with E-state index >= 15 is 0 Å². The summed E-state index contributed by atoms with van der Waals surface area (Å²) in [6.07, 6.45) is 1.07. The number of carbonyl (C=O) groups excluding carboxylic acids is 1. The van der Waals surface area contributed by atoms with Gasteiger partial charge in [0, 0.05) is 11.7 Å². The van der Waals surface area contributed by atoms with Gasteiger partial charge in [-0.15, -0.1) is 0 Å². The summed E-state index contributed by atoms with van der Waals surface area (Å²) in [5.41, 5.74) is 1.17. The topological polar surface area (TPSA) is 61.2 Å². The second-order valence-electron chi connectivity index (χ2n) is 3.52.